The van der Waals surface area contributed by atoms with Crippen LogP contribution in [-0.4, -0.2) is 24.2 Å². The first-order valence-electron chi connectivity index (χ1n) is 6.18. The molecule has 5 nitrogen and oxygen atoms in total. The van der Waals surface area contributed by atoms with Crippen molar-refractivity contribution in [3.05, 3.63) is 17.8 Å². The SMILES string of the molecule is COC1CCC(Nc2cc(N)ncc2C#N)CC1. The lowest BCUT2D eigenvalue weighted by Crippen LogP contribution is -2.29. The fourth-order valence-electron chi connectivity index (χ4n) is 2.34. The predicted octanol–water partition coefficient (Wildman–Crippen LogP) is 1.90. The highest BCUT2D eigenvalue weighted by Crippen LogP contribution is 2.25. The number of nitrogens with two attached hydrogens (primary N) is 1. The van der Waals surface area contributed by atoms with Crippen LogP contribution in [0.5, 0.6) is 0 Å². The summed E-state index contributed by atoms with van der Waals surface area (Å²) >= 11 is 0. The minimum atomic E-state index is 0.376. The standard InChI is InChI=1S/C13H18N4O/c1-18-11-4-2-10(3-5-11)17-12-6-13(15)16-8-9(12)7-14/h6,8,10-11H,2-5H2,1H3,(H3,15,16,17). The van der Waals surface area contributed by atoms with E-state index in [0.717, 1.165) is 31.4 Å². The topological polar surface area (TPSA) is 84.0 Å². The van der Waals surface area contributed by atoms with E-state index in [2.05, 4.69) is 16.4 Å². The molecule has 1 fully saturated rings. The first kappa shape index (κ1) is 12.7. The zero-order valence-corrected chi connectivity index (χ0v) is 10.5. The Hall–Kier alpha value is -1.80. The Labute approximate surface area is 107 Å². The first-order valence-corrected chi connectivity index (χ1v) is 6.18. The average Bonchev–Trinajstić information content (AvgIpc) is 2.40. The summed E-state index contributed by atoms with van der Waals surface area (Å²) < 4.78 is 5.34. The van der Waals surface area contributed by atoms with Gasteiger partial charge >= 0.3 is 0 Å². The molecule has 3 N–H and O–H groups in total. The van der Waals surface area contributed by atoms with Gasteiger partial charge in [-0.2, -0.15) is 5.26 Å². The third kappa shape index (κ3) is 2.90. The van der Waals surface area contributed by atoms with Gasteiger partial charge in [-0.25, -0.2) is 4.98 Å². The Bertz CT molecular complexity index is 447. The molecule has 0 aromatic carbocycles. The van der Waals surface area contributed by atoms with E-state index in [0.29, 0.717) is 23.5 Å². The number of nitriles is 1. The van der Waals surface area contributed by atoms with Crippen LogP contribution in [0.15, 0.2) is 12.3 Å². The molecule has 1 heterocycles. The van der Waals surface area contributed by atoms with Crippen LogP contribution in [0.25, 0.3) is 0 Å². The highest BCUT2D eigenvalue weighted by atomic mass is 16.5. The normalized spacial score (nSPS) is 23.3. The van der Waals surface area contributed by atoms with Gasteiger partial charge in [0.05, 0.1) is 17.4 Å². The number of methoxy groups -OCH3 is 1. The van der Waals surface area contributed by atoms with Crippen LogP contribution >= 0.6 is 0 Å². The summed E-state index contributed by atoms with van der Waals surface area (Å²) in [6.07, 6.45) is 6.09. The van der Waals surface area contributed by atoms with Gasteiger partial charge in [0.2, 0.25) is 0 Å². The molecule has 1 aromatic rings. The molecule has 96 valence electrons. The van der Waals surface area contributed by atoms with E-state index in [4.69, 9.17) is 15.7 Å². The van der Waals surface area contributed by atoms with Gasteiger partial charge in [-0.15, -0.1) is 0 Å². The second-order valence-corrected chi connectivity index (χ2v) is 4.62. The molecule has 0 amide bonds. The number of nitrogens with zero attached hydrogens (tertiary/aromatic N) is 2. The molecule has 0 saturated heterocycles. The number of anilines is 2. The van der Waals surface area contributed by atoms with Crippen LogP contribution in [0.2, 0.25) is 0 Å². The summed E-state index contributed by atoms with van der Waals surface area (Å²) in [5.41, 5.74) is 6.97. The van der Waals surface area contributed by atoms with E-state index >= 15 is 0 Å². The van der Waals surface area contributed by atoms with Crippen LogP contribution in [0.4, 0.5) is 11.5 Å². The highest BCUT2D eigenvalue weighted by Gasteiger charge is 2.21. The first-order chi connectivity index (χ1) is 8.72. The van der Waals surface area contributed by atoms with Gasteiger partial charge in [-0.05, 0) is 25.7 Å². The number of pyridine rings is 1. The summed E-state index contributed by atoms with van der Waals surface area (Å²) in [6, 6.07) is 4.23. The van der Waals surface area contributed by atoms with E-state index in [1.807, 2.05) is 0 Å². The molecule has 0 radical (unpaired) electrons. The van der Waals surface area contributed by atoms with Crippen LogP contribution in [0, 0.1) is 11.3 Å². The Balaban J connectivity index is 2.02. The van der Waals surface area contributed by atoms with E-state index < -0.39 is 0 Å². The van der Waals surface area contributed by atoms with Crippen LogP contribution < -0.4 is 11.1 Å². The zero-order chi connectivity index (χ0) is 13.0. The summed E-state index contributed by atoms with van der Waals surface area (Å²) in [4.78, 5) is 3.92. The van der Waals surface area contributed by atoms with Crippen molar-refractivity contribution in [2.45, 2.75) is 37.8 Å². The molecule has 0 unspecified atom stereocenters. The number of nitrogens with one attached hydrogen (secondary N) is 1. The van der Waals surface area contributed by atoms with E-state index in [9.17, 15) is 0 Å². The number of rotatable bonds is 3. The van der Waals surface area contributed by atoms with Gasteiger partial charge in [0, 0.05) is 25.4 Å². The Morgan fingerprint density at radius 1 is 1.44 bits per heavy atom. The maximum absolute atomic E-state index is 9.03. The third-order valence-corrected chi connectivity index (χ3v) is 3.41. The quantitative estimate of drug-likeness (QED) is 0.851. The highest BCUT2D eigenvalue weighted by molar-refractivity contribution is 5.61. The van der Waals surface area contributed by atoms with E-state index in [1.54, 1.807) is 13.2 Å². The molecular formula is C13H18N4O. The van der Waals surface area contributed by atoms with Crippen molar-refractivity contribution in [2.24, 2.45) is 0 Å². The van der Waals surface area contributed by atoms with Crippen molar-refractivity contribution in [1.29, 1.82) is 5.26 Å². The Morgan fingerprint density at radius 3 is 2.78 bits per heavy atom. The van der Waals surface area contributed by atoms with Crippen molar-refractivity contribution in [3.63, 3.8) is 0 Å². The van der Waals surface area contributed by atoms with Crippen molar-refractivity contribution in [1.82, 2.24) is 4.98 Å². The minimum absolute atomic E-state index is 0.376. The number of nitrogen functional groups attached to an aromatic ring is 1. The van der Waals surface area contributed by atoms with Crippen molar-refractivity contribution in [2.75, 3.05) is 18.2 Å². The maximum atomic E-state index is 9.03. The minimum Gasteiger partial charge on any atom is -0.384 e. The number of aromatic nitrogens is 1. The average molecular weight is 246 g/mol. The van der Waals surface area contributed by atoms with Crippen LogP contribution in [0.3, 0.4) is 0 Å². The predicted molar refractivity (Wildman–Crippen MR) is 70.0 cm³/mol. The lowest BCUT2D eigenvalue weighted by molar-refractivity contribution is 0.0682. The second-order valence-electron chi connectivity index (χ2n) is 4.62. The molecule has 1 aliphatic rings. The Kier molecular flexibility index (Phi) is 4.00. The van der Waals surface area contributed by atoms with Crippen molar-refractivity contribution >= 4 is 11.5 Å². The molecule has 1 saturated carbocycles. The molecule has 2 rings (SSSR count). The Morgan fingerprint density at radius 2 is 2.17 bits per heavy atom. The second kappa shape index (κ2) is 5.69. The summed E-state index contributed by atoms with van der Waals surface area (Å²) in [6.45, 7) is 0. The molecule has 1 aromatic heterocycles. The van der Waals surface area contributed by atoms with E-state index in [1.165, 1.54) is 6.20 Å². The molecule has 0 aliphatic heterocycles. The van der Waals surface area contributed by atoms with Crippen molar-refractivity contribution in [3.8, 4) is 6.07 Å². The van der Waals surface area contributed by atoms with E-state index in [-0.39, 0.29) is 0 Å². The van der Waals surface area contributed by atoms with Gasteiger partial charge in [0.15, 0.2) is 0 Å². The molecule has 0 spiro atoms. The van der Waals surface area contributed by atoms with Crippen LogP contribution in [-0.2, 0) is 4.74 Å². The number of ether oxygens (including phenoxy) is 1. The summed E-state index contributed by atoms with van der Waals surface area (Å²) in [7, 11) is 1.76. The lowest BCUT2D eigenvalue weighted by Gasteiger charge is -2.29. The summed E-state index contributed by atoms with van der Waals surface area (Å²) in [5.74, 6) is 0.432. The van der Waals surface area contributed by atoms with Crippen LogP contribution in [0.1, 0.15) is 31.2 Å². The molecule has 5 heteroatoms. The van der Waals surface area contributed by atoms with Gasteiger partial charge in [0.25, 0.3) is 0 Å². The lowest BCUT2D eigenvalue weighted by atomic mass is 9.92. The number of hydrogen-bond acceptors (Lipinski definition) is 5. The maximum Gasteiger partial charge on any atom is 0.125 e. The van der Waals surface area contributed by atoms with Crippen molar-refractivity contribution < 1.29 is 4.74 Å². The zero-order valence-electron chi connectivity index (χ0n) is 10.5. The molecule has 0 atom stereocenters. The smallest absolute Gasteiger partial charge is 0.125 e. The molecule has 1 aliphatic carbocycles. The van der Waals surface area contributed by atoms with Gasteiger partial charge in [-0.1, -0.05) is 0 Å². The largest absolute Gasteiger partial charge is 0.384 e. The molecular weight excluding hydrogens is 228 g/mol. The summed E-state index contributed by atoms with van der Waals surface area (Å²) in [5, 5.41) is 12.4. The van der Waals surface area contributed by atoms with Gasteiger partial charge in [0.1, 0.15) is 11.9 Å². The number of hydrogen-bond donors (Lipinski definition) is 2. The molecule has 18 heavy (non-hydrogen) atoms. The monoisotopic (exact) mass is 246 g/mol. The van der Waals surface area contributed by atoms with Gasteiger partial charge < -0.3 is 15.8 Å². The third-order valence-electron chi connectivity index (χ3n) is 3.41. The molecule has 0 bridgehead atoms. The fourth-order valence-corrected chi connectivity index (χ4v) is 2.34. The fraction of sp³-hybridized carbons (Fsp3) is 0.538. The van der Waals surface area contributed by atoms with Gasteiger partial charge in [-0.3, -0.25) is 0 Å².